The number of aryl methyl sites for hydroxylation is 3. The van der Waals surface area contributed by atoms with E-state index < -0.39 is 0 Å². The number of guanidine groups is 1. The number of hydrogen-bond donors (Lipinski definition) is 2. The molecule has 3 aromatic rings. The van der Waals surface area contributed by atoms with Crippen molar-refractivity contribution in [1.29, 1.82) is 0 Å². The quantitative estimate of drug-likeness (QED) is 0.266. The molecule has 0 spiro atoms. The highest BCUT2D eigenvalue weighted by molar-refractivity contribution is 14.0. The van der Waals surface area contributed by atoms with Crippen LogP contribution in [0.4, 0.5) is 0 Å². The standard InChI is InChI=1S/C21H27N5OS.HI/c1-5-17-16(18(6-2)27-26-17)12-23-21(22-4)24-13-19-14(3)25-20(28-19)15-10-8-7-9-11-15;/h7-11H,5-6,12-13H2,1-4H3,(H2,22,23,24);1H. The van der Waals surface area contributed by atoms with Gasteiger partial charge in [-0.3, -0.25) is 4.99 Å². The average Bonchev–Trinajstić information content (AvgIpc) is 3.31. The van der Waals surface area contributed by atoms with Crippen molar-refractivity contribution in [2.45, 2.75) is 46.7 Å². The molecule has 2 aromatic heterocycles. The van der Waals surface area contributed by atoms with Gasteiger partial charge in [-0.2, -0.15) is 0 Å². The monoisotopic (exact) mass is 525 g/mol. The Balaban J connectivity index is 0.00000300. The molecular weight excluding hydrogens is 497 g/mol. The summed E-state index contributed by atoms with van der Waals surface area (Å²) in [4.78, 5) is 10.3. The van der Waals surface area contributed by atoms with Crippen LogP contribution in [0.15, 0.2) is 39.8 Å². The third-order valence-electron chi connectivity index (χ3n) is 4.59. The van der Waals surface area contributed by atoms with E-state index in [1.54, 1.807) is 18.4 Å². The molecule has 0 saturated heterocycles. The van der Waals surface area contributed by atoms with E-state index in [1.165, 1.54) is 4.88 Å². The Bertz CT molecular complexity index is 914. The van der Waals surface area contributed by atoms with Gasteiger partial charge in [0, 0.05) is 36.0 Å². The number of halogens is 1. The number of hydrogen-bond acceptors (Lipinski definition) is 5. The first-order valence-corrected chi connectivity index (χ1v) is 10.4. The van der Waals surface area contributed by atoms with Gasteiger partial charge in [0.2, 0.25) is 0 Å². The van der Waals surface area contributed by atoms with E-state index in [1.807, 2.05) is 25.1 Å². The number of aromatic nitrogens is 2. The van der Waals surface area contributed by atoms with Gasteiger partial charge in [0.15, 0.2) is 5.96 Å². The van der Waals surface area contributed by atoms with Crippen molar-refractivity contribution in [3.63, 3.8) is 0 Å². The zero-order valence-corrected chi connectivity index (χ0v) is 20.4. The summed E-state index contributed by atoms with van der Waals surface area (Å²) in [5.74, 6) is 1.69. The van der Waals surface area contributed by atoms with E-state index in [-0.39, 0.29) is 24.0 Å². The normalized spacial score (nSPS) is 11.2. The Kier molecular flexibility index (Phi) is 9.09. The molecule has 0 unspecified atom stereocenters. The summed E-state index contributed by atoms with van der Waals surface area (Å²) in [6, 6.07) is 10.3. The topological polar surface area (TPSA) is 75.3 Å². The number of benzene rings is 1. The SMILES string of the molecule is CCc1noc(CC)c1CNC(=NC)NCc1sc(-c2ccccc2)nc1C.I. The molecule has 0 saturated carbocycles. The van der Waals surface area contributed by atoms with Crippen LogP contribution in [0.25, 0.3) is 10.6 Å². The minimum atomic E-state index is 0. The van der Waals surface area contributed by atoms with Crippen LogP contribution in [0.1, 0.15) is 41.4 Å². The molecule has 1 aromatic carbocycles. The Morgan fingerprint density at radius 2 is 1.83 bits per heavy atom. The van der Waals surface area contributed by atoms with Gasteiger partial charge in [0.1, 0.15) is 10.8 Å². The van der Waals surface area contributed by atoms with Crippen LogP contribution in [0.3, 0.4) is 0 Å². The zero-order chi connectivity index (χ0) is 19.9. The molecule has 0 fully saturated rings. The molecule has 0 atom stereocenters. The number of rotatable bonds is 7. The minimum absolute atomic E-state index is 0. The van der Waals surface area contributed by atoms with E-state index in [9.17, 15) is 0 Å². The summed E-state index contributed by atoms with van der Waals surface area (Å²) < 4.78 is 5.43. The fraction of sp³-hybridized carbons (Fsp3) is 0.381. The Morgan fingerprint density at radius 1 is 1.10 bits per heavy atom. The van der Waals surface area contributed by atoms with E-state index in [2.05, 4.69) is 46.8 Å². The fourth-order valence-corrected chi connectivity index (χ4v) is 4.00. The van der Waals surface area contributed by atoms with Gasteiger partial charge in [-0.1, -0.05) is 49.3 Å². The highest BCUT2D eigenvalue weighted by atomic mass is 127. The van der Waals surface area contributed by atoms with Crippen molar-refractivity contribution in [3.8, 4) is 10.6 Å². The van der Waals surface area contributed by atoms with E-state index in [0.29, 0.717) is 13.1 Å². The predicted octanol–water partition coefficient (Wildman–Crippen LogP) is 4.71. The number of thiazole rings is 1. The van der Waals surface area contributed by atoms with Crippen LogP contribution < -0.4 is 10.6 Å². The van der Waals surface area contributed by atoms with Crippen molar-refractivity contribution >= 4 is 41.3 Å². The maximum Gasteiger partial charge on any atom is 0.191 e. The number of nitrogens with zero attached hydrogens (tertiary/aromatic N) is 3. The van der Waals surface area contributed by atoms with Gasteiger partial charge < -0.3 is 15.2 Å². The second-order valence-corrected chi connectivity index (χ2v) is 7.49. The Labute approximate surface area is 193 Å². The average molecular weight is 525 g/mol. The molecule has 3 rings (SSSR count). The van der Waals surface area contributed by atoms with Gasteiger partial charge in [0.05, 0.1) is 17.9 Å². The minimum Gasteiger partial charge on any atom is -0.361 e. The molecule has 2 N–H and O–H groups in total. The highest BCUT2D eigenvalue weighted by Gasteiger charge is 2.14. The molecule has 0 radical (unpaired) electrons. The third-order valence-corrected chi connectivity index (χ3v) is 5.80. The van der Waals surface area contributed by atoms with Crippen molar-refractivity contribution in [2.24, 2.45) is 4.99 Å². The van der Waals surface area contributed by atoms with Crippen LogP contribution in [0.2, 0.25) is 0 Å². The summed E-state index contributed by atoms with van der Waals surface area (Å²) in [7, 11) is 1.78. The molecule has 0 aliphatic carbocycles. The zero-order valence-electron chi connectivity index (χ0n) is 17.3. The Hall–Kier alpha value is -1.94. The molecule has 6 nitrogen and oxygen atoms in total. The molecule has 0 aliphatic rings. The summed E-state index contributed by atoms with van der Waals surface area (Å²) >= 11 is 1.71. The highest BCUT2D eigenvalue weighted by Crippen LogP contribution is 2.27. The van der Waals surface area contributed by atoms with E-state index in [0.717, 1.165) is 52.1 Å². The first-order valence-electron chi connectivity index (χ1n) is 9.58. The van der Waals surface area contributed by atoms with Crippen molar-refractivity contribution < 1.29 is 4.52 Å². The van der Waals surface area contributed by atoms with Gasteiger partial charge in [-0.05, 0) is 13.3 Å². The first-order chi connectivity index (χ1) is 13.7. The summed E-state index contributed by atoms with van der Waals surface area (Å²) in [6.45, 7) is 7.54. The van der Waals surface area contributed by atoms with Crippen LogP contribution in [-0.2, 0) is 25.9 Å². The molecule has 0 aliphatic heterocycles. The summed E-state index contributed by atoms with van der Waals surface area (Å²) in [5.41, 5.74) is 4.34. The lowest BCUT2D eigenvalue weighted by atomic mass is 10.1. The number of nitrogens with one attached hydrogen (secondary N) is 2. The number of aliphatic imine (C=N–C) groups is 1. The lowest BCUT2D eigenvalue weighted by Crippen LogP contribution is -2.36. The van der Waals surface area contributed by atoms with Gasteiger partial charge in [0.25, 0.3) is 0 Å². The second-order valence-electron chi connectivity index (χ2n) is 6.41. The fourth-order valence-electron chi connectivity index (χ4n) is 2.99. The van der Waals surface area contributed by atoms with Crippen LogP contribution in [-0.4, -0.2) is 23.1 Å². The van der Waals surface area contributed by atoms with Crippen molar-refractivity contribution in [2.75, 3.05) is 7.05 Å². The van der Waals surface area contributed by atoms with E-state index >= 15 is 0 Å². The predicted molar refractivity (Wildman–Crippen MR) is 130 cm³/mol. The molecule has 0 amide bonds. The maximum atomic E-state index is 5.43. The maximum absolute atomic E-state index is 5.43. The third kappa shape index (κ3) is 5.79. The lowest BCUT2D eigenvalue weighted by Gasteiger charge is -2.11. The van der Waals surface area contributed by atoms with Crippen LogP contribution in [0, 0.1) is 6.92 Å². The summed E-state index contributed by atoms with van der Waals surface area (Å²) in [5, 5.41) is 12.0. The first kappa shape index (κ1) is 23.3. The smallest absolute Gasteiger partial charge is 0.191 e. The van der Waals surface area contributed by atoms with Crippen LogP contribution >= 0.6 is 35.3 Å². The molecule has 0 bridgehead atoms. The molecule has 156 valence electrons. The van der Waals surface area contributed by atoms with Crippen LogP contribution in [0.5, 0.6) is 0 Å². The lowest BCUT2D eigenvalue weighted by molar-refractivity contribution is 0.380. The largest absolute Gasteiger partial charge is 0.361 e. The Morgan fingerprint density at radius 3 is 2.48 bits per heavy atom. The molecular formula is C21H28IN5OS. The molecule has 8 heteroatoms. The van der Waals surface area contributed by atoms with Crippen molar-refractivity contribution in [1.82, 2.24) is 20.8 Å². The van der Waals surface area contributed by atoms with E-state index in [4.69, 9.17) is 9.51 Å². The molecule has 2 heterocycles. The second kappa shape index (κ2) is 11.3. The van der Waals surface area contributed by atoms with Gasteiger partial charge in [-0.25, -0.2) is 4.98 Å². The summed E-state index contributed by atoms with van der Waals surface area (Å²) in [6.07, 6.45) is 1.69. The molecule has 29 heavy (non-hydrogen) atoms. The van der Waals surface area contributed by atoms with Crippen molar-refractivity contribution in [3.05, 3.63) is 57.9 Å². The van der Waals surface area contributed by atoms with Gasteiger partial charge in [-0.15, -0.1) is 35.3 Å². The van der Waals surface area contributed by atoms with Gasteiger partial charge >= 0.3 is 0 Å².